The van der Waals surface area contributed by atoms with Crippen molar-refractivity contribution >= 4 is 11.7 Å². The molecule has 124 valence electrons. The fourth-order valence-electron chi connectivity index (χ4n) is 3.37. The molecule has 0 fully saturated rings. The molecule has 0 aromatic heterocycles. The third kappa shape index (κ3) is 3.85. The Morgan fingerprint density at radius 3 is 3.04 bits per heavy atom. The number of hydrogen-bond acceptors (Lipinski definition) is 3. The summed E-state index contributed by atoms with van der Waals surface area (Å²) in [7, 11) is 2.12. The van der Waals surface area contributed by atoms with Crippen LogP contribution in [-0.4, -0.2) is 37.4 Å². The third-order valence-electron chi connectivity index (χ3n) is 4.67. The first kappa shape index (κ1) is 15.9. The van der Waals surface area contributed by atoms with Crippen molar-refractivity contribution in [1.82, 2.24) is 10.6 Å². The molecule has 5 nitrogen and oxygen atoms in total. The molecule has 0 unspecified atom stereocenters. The summed E-state index contributed by atoms with van der Waals surface area (Å²) in [6, 6.07) is 6.29. The summed E-state index contributed by atoms with van der Waals surface area (Å²) < 4.78 is 0. The highest BCUT2D eigenvalue weighted by Gasteiger charge is 2.19. The lowest BCUT2D eigenvalue weighted by Crippen LogP contribution is -2.40. The topological polar surface area (TPSA) is 64.6 Å². The van der Waals surface area contributed by atoms with Crippen LogP contribution < -0.4 is 15.5 Å². The quantitative estimate of drug-likeness (QED) is 0.743. The molecule has 23 heavy (non-hydrogen) atoms. The van der Waals surface area contributed by atoms with E-state index in [1.54, 1.807) is 0 Å². The Morgan fingerprint density at radius 2 is 2.26 bits per heavy atom. The molecular weight excluding hydrogens is 290 g/mol. The summed E-state index contributed by atoms with van der Waals surface area (Å²) in [4.78, 5) is 14.3. The van der Waals surface area contributed by atoms with Crippen LogP contribution in [0.25, 0.3) is 0 Å². The van der Waals surface area contributed by atoms with E-state index in [2.05, 4.69) is 40.8 Å². The van der Waals surface area contributed by atoms with Crippen LogP contribution in [0.1, 0.15) is 24.0 Å². The van der Waals surface area contributed by atoms with Crippen molar-refractivity contribution in [2.24, 2.45) is 5.92 Å². The molecule has 1 aliphatic carbocycles. The predicted octanol–water partition coefficient (Wildman–Crippen LogP) is 1.81. The number of hydrogen-bond donors (Lipinski definition) is 3. The van der Waals surface area contributed by atoms with Gasteiger partial charge in [0.15, 0.2) is 0 Å². The van der Waals surface area contributed by atoms with Gasteiger partial charge in [0.2, 0.25) is 0 Å². The smallest absolute Gasteiger partial charge is 0.315 e. The number of aliphatic hydroxyl groups excluding tert-OH is 1. The number of amides is 2. The zero-order chi connectivity index (χ0) is 16.2. The van der Waals surface area contributed by atoms with E-state index in [9.17, 15) is 4.79 Å². The van der Waals surface area contributed by atoms with Crippen LogP contribution in [0.5, 0.6) is 0 Å². The minimum absolute atomic E-state index is 0.0179. The number of carbonyl (C=O) groups excluding carboxylic acids is 1. The van der Waals surface area contributed by atoms with Crippen LogP contribution in [-0.2, 0) is 13.0 Å². The van der Waals surface area contributed by atoms with Crippen LogP contribution in [0.2, 0.25) is 0 Å². The Morgan fingerprint density at radius 1 is 1.39 bits per heavy atom. The largest absolute Gasteiger partial charge is 0.396 e. The predicted molar refractivity (Wildman–Crippen MR) is 91.5 cm³/mol. The first-order valence-corrected chi connectivity index (χ1v) is 8.32. The van der Waals surface area contributed by atoms with E-state index >= 15 is 0 Å². The van der Waals surface area contributed by atoms with Gasteiger partial charge in [-0.1, -0.05) is 24.3 Å². The second kappa shape index (κ2) is 7.04. The van der Waals surface area contributed by atoms with Crippen LogP contribution in [0, 0.1) is 5.92 Å². The van der Waals surface area contributed by atoms with Gasteiger partial charge in [0.1, 0.15) is 0 Å². The molecular formula is C18H25N3O2. The number of anilines is 1. The van der Waals surface area contributed by atoms with Crippen molar-refractivity contribution in [2.45, 2.75) is 31.8 Å². The number of carbonyl (C=O) groups is 1. The molecule has 0 radical (unpaired) electrons. The first-order valence-electron chi connectivity index (χ1n) is 8.32. The number of urea groups is 1. The van der Waals surface area contributed by atoms with Gasteiger partial charge < -0.3 is 20.6 Å². The molecule has 5 heteroatoms. The molecule has 3 rings (SSSR count). The van der Waals surface area contributed by atoms with Crippen LogP contribution in [0.4, 0.5) is 10.5 Å². The van der Waals surface area contributed by atoms with Crippen LogP contribution in [0.15, 0.2) is 30.4 Å². The van der Waals surface area contributed by atoms with E-state index in [1.165, 1.54) is 17.7 Å². The minimum Gasteiger partial charge on any atom is -0.396 e. The molecule has 2 aliphatic rings. The molecule has 2 amide bonds. The standard InChI is InChI=1S/C18H25N3O2/c1-21-8-2-3-15-9-13(5-7-17(15)21)11-19-18(23)20-16-6-4-14(10-16)12-22/h4-7,9,14,16,22H,2-3,8,10-12H2,1H3,(H2,19,20,23)/t14-,16+/m0/s1. The molecule has 1 heterocycles. The summed E-state index contributed by atoms with van der Waals surface area (Å²) in [5.74, 6) is 0.165. The van der Waals surface area contributed by atoms with Gasteiger partial charge in [0.05, 0.1) is 0 Å². The average molecular weight is 315 g/mol. The van der Waals surface area contributed by atoms with Crippen molar-refractivity contribution in [3.8, 4) is 0 Å². The summed E-state index contributed by atoms with van der Waals surface area (Å²) in [6.45, 7) is 1.78. The number of nitrogens with one attached hydrogen (secondary N) is 2. The maximum Gasteiger partial charge on any atom is 0.315 e. The maximum atomic E-state index is 12.0. The van der Waals surface area contributed by atoms with Crippen molar-refractivity contribution in [3.05, 3.63) is 41.5 Å². The van der Waals surface area contributed by atoms with Gasteiger partial charge in [-0.2, -0.15) is 0 Å². The van der Waals surface area contributed by atoms with Gasteiger partial charge in [0.25, 0.3) is 0 Å². The summed E-state index contributed by atoms with van der Waals surface area (Å²) in [5, 5.41) is 14.9. The number of aliphatic hydroxyl groups is 1. The normalized spacial score (nSPS) is 22.8. The second-order valence-corrected chi connectivity index (χ2v) is 6.48. The van der Waals surface area contributed by atoms with Crippen molar-refractivity contribution in [1.29, 1.82) is 0 Å². The number of benzene rings is 1. The highest BCUT2D eigenvalue weighted by atomic mass is 16.3. The van der Waals surface area contributed by atoms with Crippen molar-refractivity contribution in [3.63, 3.8) is 0 Å². The molecule has 1 aliphatic heterocycles. The number of nitrogens with zero attached hydrogens (tertiary/aromatic N) is 1. The molecule has 3 N–H and O–H groups in total. The third-order valence-corrected chi connectivity index (χ3v) is 4.67. The van der Waals surface area contributed by atoms with Crippen LogP contribution >= 0.6 is 0 Å². The molecule has 0 saturated heterocycles. The monoisotopic (exact) mass is 315 g/mol. The lowest BCUT2D eigenvalue weighted by atomic mass is 9.99. The number of rotatable bonds is 4. The van der Waals surface area contributed by atoms with Gasteiger partial charge >= 0.3 is 6.03 Å². The van der Waals surface area contributed by atoms with Gasteiger partial charge in [-0.3, -0.25) is 0 Å². The minimum atomic E-state index is -0.159. The van der Waals surface area contributed by atoms with E-state index in [1.807, 2.05) is 12.2 Å². The summed E-state index contributed by atoms with van der Waals surface area (Å²) in [5.41, 5.74) is 3.79. The molecule has 0 spiro atoms. The Labute approximate surface area is 137 Å². The molecule has 0 bridgehead atoms. The lowest BCUT2D eigenvalue weighted by molar-refractivity contribution is 0.231. The zero-order valence-electron chi connectivity index (χ0n) is 13.6. The van der Waals surface area contributed by atoms with E-state index in [0.29, 0.717) is 6.54 Å². The SMILES string of the molecule is CN1CCCc2cc(CNC(=O)N[C@@H]3C=C[C@H](CO)C3)ccc21. The Kier molecular flexibility index (Phi) is 4.86. The molecule has 1 aromatic rings. The molecule has 2 atom stereocenters. The van der Waals surface area contributed by atoms with Crippen molar-refractivity contribution < 1.29 is 9.90 Å². The zero-order valence-corrected chi connectivity index (χ0v) is 13.6. The highest BCUT2D eigenvalue weighted by Crippen LogP contribution is 2.26. The van der Waals surface area contributed by atoms with Gasteiger partial charge in [-0.05, 0) is 36.5 Å². The Bertz CT molecular complexity index is 600. The second-order valence-electron chi connectivity index (χ2n) is 6.48. The first-order chi connectivity index (χ1) is 11.2. The summed E-state index contributed by atoms with van der Waals surface area (Å²) >= 11 is 0. The highest BCUT2D eigenvalue weighted by molar-refractivity contribution is 5.74. The summed E-state index contributed by atoms with van der Waals surface area (Å²) in [6.07, 6.45) is 6.98. The Hall–Kier alpha value is -2.01. The fourth-order valence-corrected chi connectivity index (χ4v) is 3.37. The maximum absolute atomic E-state index is 12.0. The van der Waals surface area contributed by atoms with E-state index in [0.717, 1.165) is 24.9 Å². The molecule has 0 saturated carbocycles. The number of aryl methyl sites for hydroxylation is 1. The van der Waals surface area contributed by atoms with E-state index in [4.69, 9.17) is 5.11 Å². The number of fused-ring (bicyclic) bond motifs is 1. The lowest BCUT2D eigenvalue weighted by Gasteiger charge is -2.27. The van der Waals surface area contributed by atoms with E-state index < -0.39 is 0 Å². The Balaban J connectivity index is 1.50. The van der Waals surface area contributed by atoms with Gasteiger partial charge in [-0.25, -0.2) is 4.79 Å². The molecule has 1 aromatic carbocycles. The fraction of sp³-hybridized carbons (Fsp3) is 0.500. The van der Waals surface area contributed by atoms with Crippen LogP contribution in [0.3, 0.4) is 0 Å². The van der Waals surface area contributed by atoms with Gasteiger partial charge in [-0.15, -0.1) is 0 Å². The van der Waals surface area contributed by atoms with E-state index in [-0.39, 0.29) is 24.6 Å². The average Bonchev–Trinajstić information content (AvgIpc) is 3.00. The van der Waals surface area contributed by atoms with Gasteiger partial charge in [0, 0.05) is 44.4 Å². The van der Waals surface area contributed by atoms with Crippen molar-refractivity contribution in [2.75, 3.05) is 25.1 Å².